The number of rotatable bonds is 5. The molecule has 2 aromatic rings. The minimum absolute atomic E-state index is 0.125. The number of hydrogen-bond donors (Lipinski definition) is 0. The summed E-state index contributed by atoms with van der Waals surface area (Å²) < 4.78 is 18.6. The second kappa shape index (κ2) is 7.75. The fourth-order valence-corrected chi connectivity index (χ4v) is 3.74. The quantitative estimate of drug-likeness (QED) is 0.729. The van der Waals surface area contributed by atoms with Crippen molar-refractivity contribution in [3.8, 4) is 0 Å². The van der Waals surface area contributed by atoms with Gasteiger partial charge in [-0.3, -0.25) is 19.3 Å². The number of halogens is 1. The Morgan fingerprint density at radius 3 is 2.55 bits per heavy atom. The fraction of sp³-hybridized carbons (Fsp3) is 0.318. The second-order valence-electron chi connectivity index (χ2n) is 7.40. The van der Waals surface area contributed by atoms with E-state index >= 15 is 0 Å². The summed E-state index contributed by atoms with van der Waals surface area (Å²) in [4.78, 5) is 40.8. The van der Waals surface area contributed by atoms with Crippen LogP contribution in [-0.2, 0) is 11.3 Å². The molecule has 29 heavy (non-hydrogen) atoms. The summed E-state index contributed by atoms with van der Waals surface area (Å²) in [6, 6.07) is 10.5. The van der Waals surface area contributed by atoms with E-state index in [1.54, 1.807) is 25.2 Å². The molecule has 2 aliphatic heterocycles. The molecule has 0 N–H and O–H groups in total. The molecule has 2 heterocycles. The van der Waals surface area contributed by atoms with Gasteiger partial charge in [0.05, 0.1) is 23.8 Å². The van der Waals surface area contributed by atoms with Crippen molar-refractivity contribution >= 4 is 17.7 Å². The highest BCUT2D eigenvalue weighted by atomic mass is 19.1. The van der Waals surface area contributed by atoms with E-state index in [1.165, 1.54) is 34.1 Å². The molecule has 7 heteroatoms. The minimum atomic E-state index is -0.392. The van der Waals surface area contributed by atoms with Crippen molar-refractivity contribution in [2.75, 3.05) is 20.2 Å². The van der Waals surface area contributed by atoms with E-state index in [-0.39, 0.29) is 35.8 Å². The third-order valence-electron chi connectivity index (χ3n) is 5.31. The van der Waals surface area contributed by atoms with Crippen molar-refractivity contribution in [2.24, 2.45) is 0 Å². The molecule has 0 spiro atoms. The van der Waals surface area contributed by atoms with E-state index in [9.17, 15) is 18.8 Å². The first kappa shape index (κ1) is 19.3. The van der Waals surface area contributed by atoms with Crippen molar-refractivity contribution in [3.05, 3.63) is 70.5 Å². The number of hydrogen-bond acceptors (Lipinski definition) is 4. The van der Waals surface area contributed by atoms with Crippen LogP contribution in [0.15, 0.2) is 42.5 Å². The molecule has 1 unspecified atom stereocenters. The molecule has 1 atom stereocenters. The molecule has 0 saturated carbocycles. The van der Waals surface area contributed by atoms with Crippen molar-refractivity contribution in [1.82, 2.24) is 9.80 Å². The Labute approximate surface area is 167 Å². The van der Waals surface area contributed by atoms with Gasteiger partial charge in [0.25, 0.3) is 17.7 Å². The molecule has 0 radical (unpaired) electrons. The van der Waals surface area contributed by atoms with E-state index in [2.05, 4.69) is 0 Å². The first-order chi connectivity index (χ1) is 13.9. The lowest BCUT2D eigenvalue weighted by Crippen LogP contribution is -2.36. The number of nitrogens with zero attached hydrogens (tertiary/aromatic N) is 2. The number of imide groups is 1. The number of benzene rings is 2. The zero-order valence-corrected chi connectivity index (χ0v) is 16.1. The molecule has 3 amide bonds. The first-order valence-electron chi connectivity index (χ1n) is 9.56. The highest BCUT2D eigenvalue weighted by molar-refractivity contribution is 6.22. The van der Waals surface area contributed by atoms with E-state index in [1.807, 2.05) is 0 Å². The maximum atomic E-state index is 13.1. The molecule has 0 bridgehead atoms. The van der Waals surface area contributed by atoms with Gasteiger partial charge in [0.1, 0.15) is 5.82 Å². The standard InChI is InChI=1S/C22H21FN2O4/c1-24(12-14-4-7-16(23)8-5-14)20(26)15-6-9-18-19(11-15)22(28)25(21(18)27)13-17-3-2-10-29-17/h4-9,11,17H,2-3,10,12-13H2,1H3. The van der Waals surface area contributed by atoms with E-state index in [0.29, 0.717) is 24.3 Å². The van der Waals surface area contributed by atoms with Crippen LogP contribution in [0, 0.1) is 5.82 Å². The van der Waals surface area contributed by atoms with Crippen LogP contribution in [0.5, 0.6) is 0 Å². The largest absolute Gasteiger partial charge is 0.376 e. The zero-order valence-electron chi connectivity index (χ0n) is 16.1. The molecule has 2 aliphatic rings. The Balaban J connectivity index is 1.50. The molecule has 150 valence electrons. The molecular weight excluding hydrogens is 375 g/mol. The highest BCUT2D eigenvalue weighted by Crippen LogP contribution is 2.26. The molecule has 4 rings (SSSR count). The predicted molar refractivity (Wildman–Crippen MR) is 103 cm³/mol. The van der Waals surface area contributed by atoms with E-state index < -0.39 is 5.91 Å². The van der Waals surface area contributed by atoms with Crippen molar-refractivity contribution in [3.63, 3.8) is 0 Å². The number of amides is 3. The van der Waals surface area contributed by atoms with Gasteiger partial charge in [-0.05, 0) is 48.7 Å². The zero-order chi connectivity index (χ0) is 20.5. The van der Waals surface area contributed by atoms with Crippen LogP contribution in [0.1, 0.15) is 49.5 Å². The monoisotopic (exact) mass is 396 g/mol. The van der Waals surface area contributed by atoms with Crippen molar-refractivity contribution in [2.45, 2.75) is 25.5 Å². The summed E-state index contributed by atoms with van der Waals surface area (Å²) in [6.07, 6.45) is 1.62. The van der Waals surface area contributed by atoms with Crippen LogP contribution in [0.25, 0.3) is 0 Å². The topological polar surface area (TPSA) is 66.9 Å². The molecule has 1 saturated heterocycles. The van der Waals surface area contributed by atoms with Gasteiger partial charge in [-0.25, -0.2) is 4.39 Å². The van der Waals surface area contributed by atoms with E-state index in [4.69, 9.17) is 4.74 Å². The molecule has 0 aliphatic carbocycles. The number of carbonyl (C=O) groups excluding carboxylic acids is 3. The number of fused-ring (bicyclic) bond motifs is 1. The summed E-state index contributed by atoms with van der Waals surface area (Å²) in [5, 5.41) is 0. The predicted octanol–water partition coefficient (Wildman–Crippen LogP) is 2.87. The van der Waals surface area contributed by atoms with Gasteiger partial charge in [-0.1, -0.05) is 12.1 Å². The smallest absolute Gasteiger partial charge is 0.261 e. The van der Waals surface area contributed by atoms with Crippen LogP contribution in [0.2, 0.25) is 0 Å². The van der Waals surface area contributed by atoms with Crippen LogP contribution in [0.3, 0.4) is 0 Å². The average molecular weight is 396 g/mol. The van der Waals surface area contributed by atoms with Crippen LogP contribution in [-0.4, -0.2) is 53.8 Å². The lowest BCUT2D eigenvalue weighted by Gasteiger charge is -2.18. The molecular formula is C22H21FN2O4. The van der Waals surface area contributed by atoms with Gasteiger partial charge in [0, 0.05) is 25.8 Å². The van der Waals surface area contributed by atoms with Crippen LogP contribution >= 0.6 is 0 Å². The summed E-state index contributed by atoms with van der Waals surface area (Å²) in [7, 11) is 1.63. The minimum Gasteiger partial charge on any atom is -0.376 e. The van der Waals surface area contributed by atoms with Crippen LogP contribution in [0.4, 0.5) is 4.39 Å². The molecule has 0 aromatic heterocycles. The Bertz CT molecular complexity index is 967. The van der Waals surface area contributed by atoms with Gasteiger partial charge in [0.15, 0.2) is 0 Å². The van der Waals surface area contributed by atoms with Gasteiger partial charge in [-0.15, -0.1) is 0 Å². The Hall–Kier alpha value is -3.06. The fourth-order valence-electron chi connectivity index (χ4n) is 3.74. The molecule has 6 nitrogen and oxygen atoms in total. The van der Waals surface area contributed by atoms with Gasteiger partial charge < -0.3 is 9.64 Å². The lowest BCUT2D eigenvalue weighted by molar-refractivity contribution is 0.0475. The number of ether oxygens (including phenoxy) is 1. The number of carbonyl (C=O) groups is 3. The Morgan fingerprint density at radius 1 is 1.14 bits per heavy atom. The third-order valence-corrected chi connectivity index (χ3v) is 5.31. The highest BCUT2D eigenvalue weighted by Gasteiger charge is 2.38. The molecule has 2 aromatic carbocycles. The maximum absolute atomic E-state index is 13.1. The summed E-state index contributed by atoms with van der Waals surface area (Å²) >= 11 is 0. The van der Waals surface area contributed by atoms with Gasteiger partial charge >= 0.3 is 0 Å². The first-order valence-corrected chi connectivity index (χ1v) is 9.56. The summed E-state index contributed by atoms with van der Waals surface area (Å²) in [5.41, 5.74) is 1.67. The SMILES string of the molecule is CN(Cc1ccc(F)cc1)C(=O)c1ccc2c(c1)C(=O)N(CC1CCCO1)C2=O. The second-order valence-corrected chi connectivity index (χ2v) is 7.40. The summed E-state index contributed by atoms with van der Waals surface area (Å²) in [5.74, 6) is -1.36. The van der Waals surface area contributed by atoms with Gasteiger partial charge in [-0.2, -0.15) is 0 Å². The van der Waals surface area contributed by atoms with Crippen molar-refractivity contribution in [1.29, 1.82) is 0 Å². The Morgan fingerprint density at radius 2 is 1.86 bits per heavy atom. The molecule has 1 fully saturated rings. The average Bonchev–Trinajstić information content (AvgIpc) is 3.32. The normalized spacial score (nSPS) is 18.3. The van der Waals surface area contributed by atoms with E-state index in [0.717, 1.165) is 18.4 Å². The summed E-state index contributed by atoms with van der Waals surface area (Å²) in [6.45, 7) is 1.18. The lowest BCUT2D eigenvalue weighted by atomic mass is 10.0. The Kier molecular flexibility index (Phi) is 5.15. The third kappa shape index (κ3) is 3.78. The van der Waals surface area contributed by atoms with Crippen molar-refractivity contribution < 1.29 is 23.5 Å². The van der Waals surface area contributed by atoms with Crippen LogP contribution < -0.4 is 0 Å². The maximum Gasteiger partial charge on any atom is 0.261 e. The van der Waals surface area contributed by atoms with Gasteiger partial charge in [0.2, 0.25) is 0 Å².